The Morgan fingerprint density at radius 3 is 2.62 bits per heavy atom. The fraction of sp³-hybridized carbons (Fsp3) is 0.300. The van der Waals surface area contributed by atoms with Crippen molar-refractivity contribution in [2.45, 2.75) is 24.5 Å². The maximum absolute atomic E-state index is 12.8. The minimum atomic E-state index is -4.62. The molecule has 1 aromatic heterocycles. The molecule has 0 unspecified atom stereocenters. The Labute approximate surface area is 117 Å². The molecule has 1 heterocycles. The number of benzene rings is 1. The molecule has 0 radical (unpaired) electrons. The molecule has 2 rings (SSSR count). The van der Waals surface area contributed by atoms with Gasteiger partial charge in [-0.3, -0.25) is 0 Å². The fourth-order valence-corrected chi connectivity index (χ4v) is 2.95. The fourth-order valence-electron chi connectivity index (χ4n) is 1.71. The normalized spacial score (nSPS) is 12.6. The predicted octanol–water partition coefficient (Wildman–Crippen LogP) is 1.01. The van der Waals surface area contributed by atoms with E-state index in [0.717, 1.165) is 25.1 Å². The second kappa shape index (κ2) is 5.41. The highest BCUT2D eigenvalue weighted by atomic mass is 32.2. The second-order valence-electron chi connectivity index (χ2n) is 4.08. The van der Waals surface area contributed by atoms with E-state index in [1.807, 2.05) is 0 Å². The van der Waals surface area contributed by atoms with Gasteiger partial charge in [0, 0.05) is 0 Å². The van der Waals surface area contributed by atoms with Crippen LogP contribution >= 0.6 is 0 Å². The Balaban J connectivity index is 2.32. The minimum absolute atomic E-state index is 0.0724. The lowest BCUT2D eigenvalue weighted by Gasteiger charge is -2.14. The summed E-state index contributed by atoms with van der Waals surface area (Å²) in [6.45, 7) is 0.820. The van der Waals surface area contributed by atoms with Gasteiger partial charge in [-0.05, 0) is 24.6 Å². The van der Waals surface area contributed by atoms with Crippen LogP contribution in [0.4, 0.5) is 13.2 Å². The van der Waals surface area contributed by atoms with Crippen LogP contribution in [0, 0.1) is 6.92 Å². The maximum Gasteiger partial charge on any atom is 0.416 e. The lowest BCUT2D eigenvalue weighted by molar-refractivity contribution is -0.138. The Bertz CT molecular complexity index is 728. The average molecular weight is 321 g/mol. The highest BCUT2D eigenvalue weighted by molar-refractivity contribution is 7.89. The first-order valence-electron chi connectivity index (χ1n) is 5.60. The van der Waals surface area contributed by atoms with E-state index in [-0.39, 0.29) is 17.9 Å². The molecule has 0 aliphatic rings. The molecule has 2 aromatic rings. The van der Waals surface area contributed by atoms with Crippen LogP contribution in [0.1, 0.15) is 17.0 Å². The van der Waals surface area contributed by atoms with Crippen molar-refractivity contribution in [3.05, 3.63) is 35.2 Å². The van der Waals surface area contributed by atoms with Gasteiger partial charge in [0.1, 0.15) is 0 Å². The molecule has 0 atom stereocenters. The number of aromatic nitrogens is 4. The predicted molar refractivity (Wildman–Crippen MR) is 64.4 cm³/mol. The summed E-state index contributed by atoms with van der Waals surface area (Å²) < 4.78 is 64.6. The molecule has 21 heavy (non-hydrogen) atoms. The van der Waals surface area contributed by atoms with E-state index in [0.29, 0.717) is 0 Å². The number of nitrogens with zero attached hydrogens (tertiary/aromatic N) is 3. The van der Waals surface area contributed by atoms with Crippen LogP contribution in [0.5, 0.6) is 0 Å². The molecular formula is C10H10F3N5O2S. The number of sulfonamides is 1. The van der Waals surface area contributed by atoms with Crippen molar-refractivity contribution >= 4 is 10.0 Å². The van der Waals surface area contributed by atoms with Gasteiger partial charge in [0.25, 0.3) is 0 Å². The van der Waals surface area contributed by atoms with Crippen LogP contribution < -0.4 is 4.72 Å². The van der Waals surface area contributed by atoms with Gasteiger partial charge in [-0.15, -0.1) is 10.2 Å². The summed E-state index contributed by atoms with van der Waals surface area (Å²) in [5.74, 6) is 0.0724. The molecule has 0 amide bonds. The largest absolute Gasteiger partial charge is 0.416 e. The highest BCUT2D eigenvalue weighted by Gasteiger charge is 2.34. The van der Waals surface area contributed by atoms with Gasteiger partial charge in [-0.1, -0.05) is 11.3 Å². The number of rotatable bonds is 4. The Morgan fingerprint density at radius 2 is 2.05 bits per heavy atom. The maximum atomic E-state index is 12.8. The number of tetrazole rings is 1. The highest BCUT2D eigenvalue weighted by Crippen LogP contribution is 2.34. The van der Waals surface area contributed by atoms with E-state index in [9.17, 15) is 21.6 Å². The quantitative estimate of drug-likeness (QED) is 0.875. The molecule has 0 saturated carbocycles. The van der Waals surface area contributed by atoms with Gasteiger partial charge < -0.3 is 0 Å². The van der Waals surface area contributed by atoms with Crippen LogP contribution in [0.25, 0.3) is 0 Å². The van der Waals surface area contributed by atoms with Crippen molar-refractivity contribution in [3.8, 4) is 0 Å². The van der Waals surface area contributed by atoms with Gasteiger partial charge in [0.2, 0.25) is 10.0 Å². The first-order chi connectivity index (χ1) is 9.72. The van der Waals surface area contributed by atoms with Crippen molar-refractivity contribution in [1.82, 2.24) is 25.3 Å². The monoisotopic (exact) mass is 321 g/mol. The topological polar surface area (TPSA) is 101 Å². The van der Waals surface area contributed by atoms with E-state index in [4.69, 9.17) is 0 Å². The van der Waals surface area contributed by atoms with Gasteiger partial charge in [-0.25, -0.2) is 13.1 Å². The SMILES string of the molecule is Cc1c(C(F)(F)F)cccc1S(=O)(=O)NCc1nn[nH]n1. The third-order valence-electron chi connectivity index (χ3n) is 2.69. The molecular weight excluding hydrogens is 311 g/mol. The molecule has 114 valence electrons. The Hall–Kier alpha value is -2.01. The first kappa shape index (κ1) is 15.4. The molecule has 0 fully saturated rings. The third kappa shape index (κ3) is 3.36. The Morgan fingerprint density at radius 1 is 1.33 bits per heavy atom. The number of H-pyrrole nitrogens is 1. The van der Waals surface area contributed by atoms with Crippen LogP contribution in [0.2, 0.25) is 0 Å². The van der Waals surface area contributed by atoms with E-state index < -0.39 is 26.7 Å². The molecule has 0 saturated heterocycles. The summed E-state index contributed by atoms with van der Waals surface area (Å²) in [6.07, 6.45) is -4.62. The number of aromatic amines is 1. The zero-order valence-corrected chi connectivity index (χ0v) is 11.5. The average Bonchev–Trinajstić information content (AvgIpc) is 2.88. The summed E-state index contributed by atoms with van der Waals surface area (Å²) in [5, 5.41) is 12.4. The molecule has 0 bridgehead atoms. The number of hydrogen-bond acceptors (Lipinski definition) is 5. The zero-order chi connectivity index (χ0) is 15.7. The number of halogens is 3. The molecule has 1 aromatic carbocycles. The van der Waals surface area contributed by atoms with E-state index in [2.05, 4.69) is 25.3 Å². The minimum Gasteiger partial charge on any atom is -0.207 e. The van der Waals surface area contributed by atoms with Crippen LogP contribution in [0.15, 0.2) is 23.1 Å². The molecule has 0 spiro atoms. The lowest BCUT2D eigenvalue weighted by Crippen LogP contribution is -2.25. The van der Waals surface area contributed by atoms with Crippen molar-refractivity contribution in [3.63, 3.8) is 0 Å². The first-order valence-corrected chi connectivity index (χ1v) is 7.09. The van der Waals surface area contributed by atoms with Crippen molar-refractivity contribution in [2.24, 2.45) is 0 Å². The van der Waals surface area contributed by atoms with Crippen molar-refractivity contribution in [1.29, 1.82) is 0 Å². The number of alkyl halides is 3. The summed E-state index contributed by atoms with van der Waals surface area (Å²) >= 11 is 0. The summed E-state index contributed by atoms with van der Waals surface area (Å²) in [7, 11) is -4.12. The Kier molecular flexibility index (Phi) is 3.96. The molecule has 0 aliphatic carbocycles. The zero-order valence-electron chi connectivity index (χ0n) is 10.6. The second-order valence-corrected chi connectivity index (χ2v) is 5.81. The summed E-state index contributed by atoms with van der Waals surface area (Å²) in [4.78, 5) is -0.444. The standard InChI is InChI=1S/C10H10F3N5O2S/c1-6-7(10(11,12)13)3-2-4-8(6)21(19,20)14-5-9-15-17-18-16-9/h2-4,14H,5H2,1H3,(H,15,16,17,18). The molecule has 2 N–H and O–H groups in total. The van der Waals surface area contributed by atoms with Crippen molar-refractivity contribution < 1.29 is 21.6 Å². The lowest BCUT2D eigenvalue weighted by atomic mass is 10.1. The van der Waals surface area contributed by atoms with Gasteiger partial charge in [-0.2, -0.15) is 18.4 Å². The third-order valence-corrected chi connectivity index (χ3v) is 4.23. The van der Waals surface area contributed by atoms with Crippen LogP contribution in [-0.2, 0) is 22.7 Å². The van der Waals surface area contributed by atoms with Gasteiger partial charge >= 0.3 is 6.18 Å². The van der Waals surface area contributed by atoms with Gasteiger partial charge in [0.15, 0.2) is 5.82 Å². The number of hydrogen-bond donors (Lipinski definition) is 2. The van der Waals surface area contributed by atoms with Crippen LogP contribution in [-0.4, -0.2) is 29.0 Å². The molecule has 11 heteroatoms. The molecule has 0 aliphatic heterocycles. The van der Waals surface area contributed by atoms with Gasteiger partial charge in [0.05, 0.1) is 17.0 Å². The smallest absolute Gasteiger partial charge is 0.207 e. The molecule has 7 nitrogen and oxygen atoms in total. The van der Waals surface area contributed by atoms with E-state index >= 15 is 0 Å². The number of nitrogens with one attached hydrogen (secondary N) is 2. The summed E-state index contributed by atoms with van der Waals surface area (Å²) in [6, 6.07) is 2.97. The van der Waals surface area contributed by atoms with Crippen molar-refractivity contribution in [2.75, 3.05) is 0 Å². The van der Waals surface area contributed by atoms with E-state index in [1.54, 1.807) is 0 Å². The van der Waals surface area contributed by atoms with E-state index in [1.165, 1.54) is 0 Å². The van der Waals surface area contributed by atoms with Crippen LogP contribution in [0.3, 0.4) is 0 Å². The summed E-state index contributed by atoms with van der Waals surface area (Å²) in [5.41, 5.74) is -1.37.